The van der Waals surface area contributed by atoms with Crippen molar-refractivity contribution in [3.63, 3.8) is 0 Å². The fraction of sp³-hybridized carbons (Fsp3) is 0.645. The van der Waals surface area contributed by atoms with Crippen molar-refractivity contribution in [2.24, 2.45) is 17.8 Å². The third-order valence-electron chi connectivity index (χ3n) is 7.79. The molecule has 0 aliphatic heterocycles. The molecule has 1 fully saturated rings. The Labute approximate surface area is 202 Å². The Morgan fingerprint density at radius 2 is 1.67 bits per heavy atom. The number of hydrogen-bond donors (Lipinski definition) is 0. The van der Waals surface area contributed by atoms with Crippen molar-refractivity contribution in [1.29, 1.82) is 0 Å². The molecule has 1 unspecified atom stereocenters. The van der Waals surface area contributed by atoms with E-state index in [1.807, 2.05) is 12.1 Å². The van der Waals surface area contributed by atoms with Crippen LogP contribution < -0.4 is 4.74 Å². The van der Waals surface area contributed by atoms with Crippen LogP contribution in [0.2, 0.25) is 0 Å². The van der Waals surface area contributed by atoms with Crippen molar-refractivity contribution >= 4 is 5.97 Å². The lowest BCUT2D eigenvalue weighted by atomic mass is 9.78. The Hall–Kier alpha value is -1.83. The predicted molar refractivity (Wildman–Crippen MR) is 139 cm³/mol. The molecule has 1 saturated carbocycles. The van der Waals surface area contributed by atoms with Crippen LogP contribution >= 0.6 is 0 Å². The number of benzene rings is 1. The number of aryl methyl sites for hydroxylation is 1. The number of carbonyl (C=O) groups is 1. The van der Waals surface area contributed by atoms with Crippen molar-refractivity contribution in [2.45, 2.75) is 110 Å². The van der Waals surface area contributed by atoms with Gasteiger partial charge in [0.15, 0.2) is 0 Å². The molecule has 2 heteroatoms. The molecule has 33 heavy (non-hydrogen) atoms. The van der Waals surface area contributed by atoms with E-state index >= 15 is 0 Å². The second-order valence-corrected chi connectivity index (χ2v) is 10.4. The zero-order valence-corrected chi connectivity index (χ0v) is 21.2. The molecule has 0 amide bonds. The van der Waals surface area contributed by atoms with Gasteiger partial charge in [0.2, 0.25) is 0 Å². The number of rotatable bonds is 12. The third kappa shape index (κ3) is 9.14. The smallest absolute Gasteiger partial charge is 0.314 e. The predicted octanol–water partition coefficient (Wildman–Crippen LogP) is 8.99. The van der Waals surface area contributed by atoms with Crippen LogP contribution in [0, 0.1) is 17.8 Å². The van der Waals surface area contributed by atoms with Gasteiger partial charge in [-0.05, 0) is 74.5 Å². The maximum Gasteiger partial charge on any atom is 0.314 e. The summed E-state index contributed by atoms with van der Waals surface area (Å²) >= 11 is 0. The summed E-state index contributed by atoms with van der Waals surface area (Å²) in [5.74, 6) is 2.51. The monoisotopic (exact) mass is 450 g/mol. The van der Waals surface area contributed by atoms with Crippen LogP contribution in [0.15, 0.2) is 48.1 Å². The Morgan fingerprint density at radius 3 is 2.30 bits per heavy atom. The SMILES string of the molecule is CC/C=C/CC1=CCC(C(=O)Oc2ccc(CCC3CCC(CCCCC)CC3)cc2)CC1. The van der Waals surface area contributed by atoms with E-state index in [9.17, 15) is 4.79 Å². The lowest BCUT2D eigenvalue weighted by Crippen LogP contribution is -2.22. The first kappa shape index (κ1) is 25.8. The molecule has 3 rings (SSSR count). The van der Waals surface area contributed by atoms with Gasteiger partial charge in [-0.2, -0.15) is 0 Å². The van der Waals surface area contributed by atoms with Gasteiger partial charge in [0.25, 0.3) is 0 Å². The molecule has 0 radical (unpaired) electrons. The first-order valence-corrected chi connectivity index (χ1v) is 13.8. The van der Waals surface area contributed by atoms with E-state index < -0.39 is 0 Å². The molecule has 1 atom stereocenters. The molecule has 0 aromatic heterocycles. The summed E-state index contributed by atoms with van der Waals surface area (Å²) in [6, 6.07) is 8.27. The summed E-state index contributed by atoms with van der Waals surface area (Å²) in [5.41, 5.74) is 2.82. The number of ether oxygens (including phenoxy) is 1. The van der Waals surface area contributed by atoms with Crippen LogP contribution in [0.5, 0.6) is 5.75 Å². The Bertz CT molecular complexity index is 750. The van der Waals surface area contributed by atoms with Gasteiger partial charge in [0.05, 0.1) is 5.92 Å². The van der Waals surface area contributed by atoms with Gasteiger partial charge in [-0.1, -0.05) is 101 Å². The zero-order chi connectivity index (χ0) is 23.3. The van der Waals surface area contributed by atoms with Gasteiger partial charge in [-0.3, -0.25) is 4.79 Å². The van der Waals surface area contributed by atoms with Crippen molar-refractivity contribution in [2.75, 3.05) is 0 Å². The van der Waals surface area contributed by atoms with Gasteiger partial charge in [-0.25, -0.2) is 0 Å². The Kier molecular flexibility index (Phi) is 11.3. The van der Waals surface area contributed by atoms with E-state index in [2.05, 4.69) is 44.2 Å². The fourth-order valence-electron chi connectivity index (χ4n) is 5.48. The van der Waals surface area contributed by atoms with E-state index in [1.54, 1.807) is 0 Å². The number of carbonyl (C=O) groups excluding carboxylic acids is 1. The van der Waals surface area contributed by atoms with Crippen LogP contribution in [0.1, 0.15) is 109 Å². The second kappa shape index (κ2) is 14.4. The molecule has 1 aromatic rings. The van der Waals surface area contributed by atoms with Gasteiger partial charge in [0.1, 0.15) is 5.75 Å². The molecule has 0 bridgehead atoms. The van der Waals surface area contributed by atoms with Crippen molar-refractivity contribution < 1.29 is 9.53 Å². The highest BCUT2D eigenvalue weighted by Crippen LogP contribution is 2.34. The number of hydrogen-bond acceptors (Lipinski definition) is 2. The molecule has 0 heterocycles. The Morgan fingerprint density at radius 1 is 0.939 bits per heavy atom. The highest BCUT2D eigenvalue weighted by molar-refractivity contribution is 5.75. The lowest BCUT2D eigenvalue weighted by Gasteiger charge is -2.28. The highest BCUT2D eigenvalue weighted by atomic mass is 16.5. The standard InChI is InChI=1S/C31H46O2/c1-3-5-7-9-25-11-13-27(14-12-25)15-16-28-19-23-30(24-20-28)33-31(32)29-21-17-26(18-22-29)10-8-6-4-2/h6,8,17,19-20,23-25,27,29H,3-5,7,9-16,18,21-22H2,1-2H3/b8-6+. The normalized spacial score (nSPS) is 23.5. The largest absolute Gasteiger partial charge is 0.426 e. The molecule has 2 aliphatic rings. The molecule has 0 spiro atoms. The summed E-state index contributed by atoms with van der Waals surface area (Å²) in [6.07, 6.45) is 25.3. The molecule has 182 valence electrons. The summed E-state index contributed by atoms with van der Waals surface area (Å²) in [7, 11) is 0. The number of esters is 1. The van der Waals surface area contributed by atoms with Gasteiger partial charge in [-0.15, -0.1) is 0 Å². The summed E-state index contributed by atoms with van der Waals surface area (Å²) in [5, 5.41) is 0. The van der Waals surface area contributed by atoms with Crippen LogP contribution in [-0.4, -0.2) is 5.97 Å². The molecule has 1 aromatic carbocycles. The lowest BCUT2D eigenvalue weighted by molar-refractivity contribution is -0.139. The van der Waals surface area contributed by atoms with E-state index in [0.29, 0.717) is 5.75 Å². The van der Waals surface area contributed by atoms with Crippen molar-refractivity contribution in [3.8, 4) is 5.75 Å². The summed E-state index contributed by atoms with van der Waals surface area (Å²) in [4.78, 5) is 12.6. The summed E-state index contributed by atoms with van der Waals surface area (Å²) in [6.45, 7) is 4.45. The summed E-state index contributed by atoms with van der Waals surface area (Å²) < 4.78 is 5.71. The minimum Gasteiger partial charge on any atom is -0.426 e. The molecular formula is C31H46O2. The molecule has 0 N–H and O–H groups in total. The molecular weight excluding hydrogens is 404 g/mol. The van der Waals surface area contributed by atoms with Gasteiger partial charge in [0, 0.05) is 0 Å². The van der Waals surface area contributed by atoms with Gasteiger partial charge >= 0.3 is 5.97 Å². The second-order valence-electron chi connectivity index (χ2n) is 10.4. The van der Waals surface area contributed by atoms with Crippen molar-refractivity contribution in [3.05, 3.63) is 53.6 Å². The quantitative estimate of drug-likeness (QED) is 0.137. The van der Waals surface area contributed by atoms with Gasteiger partial charge < -0.3 is 4.74 Å². The molecule has 2 nitrogen and oxygen atoms in total. The molecule has 2 aliphatic carbocycles. The first-order chi connectivity index (χ1) is 16.2. The maximum absolute atomic E-state index is 12.6. The topological polar surface area (TPSA) is 26.3 Å². The highest BCUT2D eigenvalue weighted by Gasteiger charge is 2.23. The van der Waals surface area contributed by atoms with Crippen molar-refractivity contribution in [1.82, 2.24) is 0 Å². The average molecular weight is 451 g/mol. The van der Waals surface area contributed by atoms with Crippen LogP contribution in [0.4, 0.5) is 0 Å². The fourth-order valence-corrected chi connectivity index (χ4v) is 5.48. The minimum absolute atomic E-state index is 0.000631. The maximum atomic E-state index is 12.6. The Balaban J connectivity index is 1.35. The van der Waals surface area contributed by atoms with E-state index in [4.69, 9.17) is 4.74 Å². The van der Waals surface area contributed by atoms with Crippen LogP contribution in [0.25, 0.3) is 0 Å². The van der Waals surface area contributed by atoms with E-state index in [0.717, 1.165) is 50.4 Å². The first-order valence-electron chi connectivity index (χ1n) is 13.8. The van der Waals surface area contributed by atoms with E-state index in [-0.39, 0.29) is 11.9 Å². The average Bonchev–Trinajstić information content (AvgIpc) is 2.85. The van der Waals surface area contributed by atoms with E-state index in [1.165, 1.54) is 68.9 Å². The zero-order valence-electron chi connectivity index (χ0n) is 21.2. The third-order valence-corrected chi connectivity index (χ3v) is 7.79. The van der Waals surface area contributed by atoms with Crippen LogP contribution in [0.3, 0.4) is 0 Å². The minimum atomic E-state index is -0.0714. The molecule has 0 saturated heterocycles. The number of allylic oxidation sites excluding steroid dienone is 4. The van der Waals surface area contributed by atoms with Crippen LogP contribution in [-0.2, 0) is 11.2 Å². The number of unbranched alkanes of at least 4 members (excludes halogenated alkanes) is 2.